The van der Waals surface area contributed by atoms with Gasteiger partial charge in [-0.2, -0.15) is 0 Å². The normalized spacial score (nSPS) is 21.8. The quantitative estimate of drug-likeness (QED) is 0.833. The highest BCUT2D eigenvalue weighted by molar-refractivity contribution is 5.79. The second-order valence-electron chi connectivity index (χ2n) is 8.15. The van der Waals surface area contributed by atoms with Crippen molar-refractivity contribution in [3.05, 3.63) is 48.3 Å². The highest BCUT2D eigenvalue weighted by Gasteiger charge is 2.42. The molecule has 4 heteroatoms. The van der Waals surface area contributed by atoms with E-state index < -0.39 is 0 Å². The van der Waals surface area contributed by atoms with Gasteiger partial charge in [-0.15, -0.1) is 0 Å². The molecule has 2 aromatic rings. The van der Waals surface area contributed by atoms with Gasteiger partial charge in [0.05, 0.1) is 16.9 Å². The van der Waals surface area contributed by atoms with Gasteiger partial charge in [0.25, 0.3) is 0 Å². The first-order valence-electron chi connectivity index (χ1n) is 10.1. The van der Waals surface area contributed by atoms with Crippen molar-refractivity contribution in [2.75, 3.05) is 18.4 Å². The summed E-state index contributed by atoms with van der Waals surface area (Å²) in [6.45, 7) is 1.71. The van der Waals surface area contributed by atoms with E-state index in [4.69, 9.17) is 0 Å². The van der Waals surface area contributed by atoms with E-state index in [-0.39, 0.29) is 11.5 Å². The highest BCUT2D eigenvalue weighted by Crippen LogP contribution is 2.43. The molecule has 2 aliphatic heterocycles. The average molecular weight is 349 g/mol. The molecule has 26 heavy (non-hydrogen) atoms. The van der Waals surface area contributed by atoms with Gasteiger partial charge in [-0.1, -0.05) is 31.4 Å². The minimum atomic E-state index is -0.0544. The Morgan fingerprint density at radius 1 is 1.00 bits per heavy atom. The second-order valence-corrected chi connectivity index (χ2v) is 8.15. The van der Waals surface area contributed by atoms with Crippen molar-refractivity contribution >= 4 is 11.6 Å². The zero-order valence-electron chi connectivity index (χ0n) is 15.3. The molecule has 0 atom stereocenters. The number of fused-ring (bicyclic) bond motifs is 4. The molecule has 136 valence electrons. The van der Waals surface area contributed by atoms with Crippen LogP contribution in [0.4, 0.5) is 5.69 Å². The number of anilines is 1. The van der Waals surface area contributed by atoms with Gasteiger partial charge in [-0.3, -0.25) is 4.79 Å². The first kappa shape index (κ1) is 16.0. The third-order valence-corrected chi connectivity index (χ3v) is 6.66. The maximum atomic E-state index is 12.9. The maximum Gasteiger partial charge on any atom is 0.225 e. The molecule has 1 N–H and O–H groups in total. The number of para-hydroxylation sites is 2. The van der Waals surface area contributed by atoms with E-state index in [0.29, 0.717) is 5.91 Å². The molecule has 1 aliphatic carbocycles. The topological polar surface area (TPSA) is 37.3 Å². The summed E-state index contributed by atoms with van der Waals surface area (Å²) in [7, 11) is 0. The fraction of sp³-hybridized carbons (Fsp3) is 0.500. The summed E-state index contributed by atoms with van der Waals surface area (Å²) in [6, 6.07) is 12.9. The van der Waals surface area contributed by atoms with E-state index in [9.17, 15) is 4.79 Å². The second kappa shape index (κ2) is 6.19. The number of hydrogen-bond donors (Lipinski definition) is 1. The van der Waals surface area contributed by atoms with Crippen molar-refractivity contribution in [3.8, 4) is 5.69 Å². The highest BCUT2D eigenvalue weighted by atomic mass is 16.2. The molecule has 0 radical (unpaired) electrons. The number of carbonyl (C=O) groups is 1. The monoisotopic (exact) mass is 349 g/mol. The Hall–Kier alpha value is -2.23. The van der Waals surface area contributed by atoms with E-state index >= 15 is 0 Å². The number of amides is 1. The molecule has 0 unspecified atom stereocenters. The Kier molecular flexibility index (Phi) is 3.80. The number of piperidine rings is 1. The number of carbonyl (C=O) groups excluding carboxylic acids is 1. The van der Waals surface area contributed by atoms with Crippen LogP contribution in [0.3, 0.4) is 0 Å². The van der Waals surface area contributed by atoms with Crippen molar-refractivity contribution in [1.82, 2.24) is 9.47 Å². The average Bonchev–Trinajstić information content (AvgIpc) is 3.20. The molecule has 1 aromatic heterocycles. The van der Waals surface area contributed by atoms with E-state index in [1.807, 2.05) is 0 Å². The van der Waals surface area contributed by atoms with Crippen LogP contribution in [0.25, 0.3) is 5.69 Å². The minimum Gasteiger partial charge on any atom is -0.372 e. The van der Waals surface area contributed by atoms with Crippen LogP contribution in [0.5, 0.6) is 0 Å². The molecular formula is C22H27N3O. The Bertz CT molecular complexity index is 810. The molecule has 3 heterocycles. The van der Waals surface area contributed by atoms with Crippen LogP contribution in [0, 0.1) is 5.92 Å². The van der Waals surface area contributed by atoms with Crippen LogP contribution >= 0.6 is 0 Å². The Balaban J connectivity index is 1.37. The van der Waals surface area contributed by atoms with Gasteiger partial charge in [0.15, 0.2) is 0 Å². The Morgan fingerprint density at radius 3 is 2.58 bits per heavy atom. The van der Waals surface area contributed by atoms with Gasteiger partial charge in [0.1, 0.15) is 0 Å². The zero-order valence-corrected chi connectivity index (χ0v) is 15.3. The molecule has 3 aliphatic rings. The third-order valence-electron chi connectivity index (χ3n) is 6.66. The number of likely N-dealkylation sites (tertiary alicyclic amines) is 1. The fourth-order valence-corrected chi connectivity index (χ4v) is 5.19. The van der Waals surface area contributed by atoms with Gasteiger partial charge >= 0.3 is 0 Å². The number of hydrogen-bond acceptors (Lipinski definition) is 2. The van der Waals surface area contributed by atoms with Crippen LogP contribution in [0.1, 0.15) is 50.6 Å². The number of rotatable bonds is 1. The van der Waals surface area contributed by atoms with Crippen molar-refractivity contribution in [1.29, 1.82) is 0 Å². The summed E-state index contributed by atoms with van der Waals surface area (Å²) in [4.78, 5) is 15.1. The van der Waals surface area contributed by atoms with Crippen molar-refractivity contribution < 1.29 is 4.79 Å². The number of aromatic nitrogens is 1. The SMILES string of the molecule is O=C(C1CCCCC1)N1CCC2(CC1)Nc1ccccc1-n1cccc12. The number of nitrogens with zero attached hydrogens (tertiary/aromatic N) is 2. The first-order valence-corrected chi connectivity index (χ1v) is 10.1. The van der Waals surface area contributed by atoms with Gasteiger partial charge in [-0.05, 0) is 49.9 Å². The lowest BCUT2D eigenvalue weighted by molar-refractivity contribution is -0.138. The number of benzene rings is 1. The standard InChI is InChI=1S/C22H27N3O/c26-21(17-7-2-1-3-8-17)24-15-12-22(13-16-24)20-11-6-14-25(20)19-10-5-4-9-18(19)23-22/h4-6,9-11,14,17,23H,1-3,7-8,12-13,15-16H2. The van der Waals surface area contributed by atoms with Crippen LogP contribution in [-0.2, 0) is 10.3 Å². The predicted octanol–water partition coefficient (Wildman–Crippen LogP) is 4.30. The van der Waals surface area contributed by atoms with Crippen molar-refractivity contribution in [3.63, 3.8) is 0 Å². The van der Waals surface area contributed by atoms with Crippen LogP contribution in [-0.4, -0.2) is 28.5 Å². The summed E-state index contributed by atoms with van der Waals surface area (Å²) >= 11 is 0. The number of nitrogens with one attached hydrogen (secondary N) is 1. The molecule has 4 nitrogen and oxygen atoms in total. The van der Waals surface area contributed by atoms with E-state index in [1.54, 1.807) is 0 Å². The van der Waals surface area contributed by atoms with E-state index in [0.717, 1.165) is 38.8 Å². The van der Waals surface area contributed by atoms with Crippen LogP contribution < -0.4 is 5.32 Å². The van der Waals surface area contributed by atoms with Gasteiger partial charge in [0, 0.05) is 30.9 Å². The van der Waals surface area contributed by atoms with Crippen molar-refractivity contribution in [2.45, 2.75) is 50.5 Å². The molecule has 2 fully saturated rings. The summed E-state index contributed by atoms with van der Waals surface area (Å²) in [5.74, 6) is 0.688. The lowest BCUT2D eigenvalue weighted by atomic mass is 9.81. The van der Waals surface area contributed by atoms with Gasteiger partial charge < -0.3 is 14.8 Å². The molecule has 1 amide bonds. The predicted molar refractivity (Wildman–Crippen MR) is 103 cm³/mol. The summed E-state index contributed by atoms with van der Waals surface area (Å²) < 4.78 is 2.32. The Labute approximate surface area is 155 Å². The van der Waals surface area contributed by atoms with Gasteiger partial charge in [-0.25, -0.2) is 0 Å². The molecule has 0 bridgehead atoms. The largest absolute Gasteiger partial charge is 0.372 e. The van der Waals surface area contributed by atoms with Crippen molar-refractivity contribution in [2.24, 2.45) is 5.92 Å². The summed E-state index contributed by atoms with van der Waals surface area (Å²) in [5.41, 5.74) is 3.70. The minimum absolute atomic E-state index is 0.0544. The lowest BCUT2D eigenvalue weighted by Crippen LogP contribution is -2.52. The van der Waals surface area contributed by atoms with Crippen LogP contribution in [0.15, 0.2) is 42.6 Å². The maximum absolute atomic E-state index is 12.9. The molecule has 1 aromatic carbocycles. The van der Waals surface area contributed by atoms with Gasteiger partial charge in [0.2, 0.25) is 5.91 Å². The van der Waals surface area contributed by atoms with E-state index in [1.165, 1.54) is 36.3 Å². The molecular weight excluding hydrogens is 322 g/mol. The third kappa shape index (κ3) is 2.46. The van der Waals surface area contributed by atoms with E-state index in [2.05, 4.69) is 57.4 Å². The molecule has 1 saturated heterocycles. The molecule has 1 saturated carbocycles. The molecule has 5 rings (SSSR count). The first-order chi connectivity index (χ1) is 12.8. The summed E-state index contributed by atoms with van der Waals surface area (Å²) in [5, 5.41) is 3.83. The summed E-state index contributed by atoms with van der Waals surface area (Å²) in [6.07, 6.45) is 10.0. The smallest absolute Gasteiger partial charge is 0.225 e. The zero-order chi connectivity index (χ0) is 17.6. The molecule has 1 spiro atoms. The Morgan fingerprint density at radius 2 is 1.77 bits per heavy atom. The van der Waals surface area contributed by atoms with Crippen LogP contribution in [0.2, 0.25) is 0 Å². The fourth-order valence-electron chi connectivity index (χ4n) is 5.19. The lowest BCUT2D eigenvalue weighted by Gasteiger charge is -2.46.